The number of rotatable bonds is 4. The molecule has 4 nitrogen and oxygen atoms in total. The van der Waals surface area contributed by atoms with Crippen LogP contribution in [0.4, 0.5) is 11.4 Å². The fraction of sp³-hybridized carbons (Fsp3) is 0.429. The molecule has 0 N–H and O–H groups in total. The molecule has 1 rings (SSSR count). The van der Waals surface area contributed by atoms with E-state index in [0.717, 1.165) is 11.1 Å². The van der Waals surface area contributed by atoms with Crippen LogP contribution in [0.5, 0.6) is 0 Å². The van der Waals surface area contributed by atoms with E-state index in [9.17, 15) is 9.59 Å². The van der Waals surface area contributed by atoms with Gasteiger partial charge in [-0.05, 0) is 23.5 Å². The van der Waals surface area contributed by atoms with Gasteiger partial charge in [0, 0.05) is 5.56 Å². The first-order chi connectivity index (χ1) is 8.52. The molecule has 1 aromatic carbocycles. The molecule has 0 aliphatic rings. The number of nitrogens with zero attached hydrogens (tertiary/aromatic N) is 2. The highest BCUT2D eigenvalue weighted by Crippen LogP contribution is 2.40. The lowest BCUT2D eigenvalue weighted by atomic mass is 9.91. The highest BCUT2D eigenvalue weighted by atomic mass is 16.1. The Morgan fingerprint density at radius 2 is 1.56 bits per heavy atom. The third-order valence-electron chi connectivity index (χ3n) is 2.75. The van der Waals surface area contributed by atoms with Crippen LogP contribution in [0.3, 0.4) is 0 Å². The topological polar surface area (TPSA) is 58.9 Å². The second-order valence-electron chi connectivity index (χ2n) is 4.65. The molecule has 0 saturated carbocycles. The second-order valence-corrected chi connectivity index (χ2v) is 4.65. The average Bonchev–Trinajstić information content (AvgIpc) is 2.29. The first-order valence-electron chi connectivity index (χ1n) is 5.85. The van der Waals surface area contributed by atoms with Crippen LogP contribution in [-0.4, -0.2) is 12.2 Å². The minimum Gasteiger partial charge on any atom is -0.211 e. The number of benzene rings is 1. The molecule has 0 bridgehead atoms. The number of hydrogen-bond acceptors (Lipinski definition) is 4. The lowest BCUT2D eigenvalue weighted by Gasteiger charge is -2.17. The Balaban J connectivity index is 3.69. The molecule has 0 amide bonds. The lowest BCUT2D eigenvalue weighted by molar-refractivity contribution is 0.564. The first-order valence-corrected chi connectivity index (χ1v) is 5.85. The Morgan fingerprint density at radius 1 is 0.944 bits per heavy atom. The van der Waals surface area contributed by atoms with E-state index in [2.05, 4.69) is 9.98 Å². The summed E-state index contributed by atoms with van der Waals surface area (Å²) in [6, 6.07) is 3.60. The molecule has 0 unspecified atom stereocenters. The molecule has 0 aromatic heterocycles. The van der Waals surface area contributed by atoms with E-state index in [1.165, 1.54) is 6.08 Å². The van der Waals surface area contributed by atoms with Crippen LogP contribution in [0, 0.1) is 0 Å². The molecule has 0 atom stereocenters. The van der Waals surface area contributed by atoms with Crippen molar-refractivity contribution in [2.45, 2.75) is 39.5 Å². The maximum absolute atomic E-state index is 10.6. The fourth-order valence-electron chi connectivity index (χ4n) is 1.97. The summed E-state index contributed by atoms with van der Waals surface area (Å²) in [7, 11) is 0. The molecule has 0 radical (unpaired) electrons. The minimum absolute atomic E-state index is 0.0999. The third kappa shape index (κ3) is 2.80. The van der Waals surface area contributed by atoms with Crippen LogP contribution < -0.4 is 0 Å². The quantitative estimate of drug-likeness (QED) is 0.596. The van der Waals surface area contributed by atoms with E-state index in [-0.39, 0.29) is 11.8 Å². The summed E-state index contributed by atoms with van der Waals surface area (Å²) >= 11 is 0. The zero-order chi connectivity index (χ0) is 13.7. The van der Waals surface area contributed by atoms with E-state index in [4.69, 9.17) is 0 Å². The van der Waals surface area contributed by atoms with Gasteiger partial charge in [0.25, 0.3) is 0 Å². The van der Waals surface area contributed by atoms with Gasteiger partial charge >= 0.3 is 0 Å². The smallest absolute Gasteiger partial charge is 0.211 e. The molecular weight excluding hydrogens is 228 g/mol. The third-order valence-corrected chi connectivity index (χ3v) is 2.75. The summed E-state index contributed by atoms with van der Waals surface area (Å²) in [4.78, 5) is 28.5. The average molecular weight is 244 g/mol. The SMILES string of the molecule is CC(C)c1ccc(N=C=O)c(C(C)C)c1N=C=O. The number of aliphatic imine (C=N–C) groups is 2. The van der Waals surface area contributed by atoms with E-state index in [1.54, 1.807) is 12.1 Å². The van der Waals surface area contributed by atoms with Gasteiger partial charge in [-0.1, -0.05) is 33.8 Å². The molecule has 0 aliphatic heterocycles. The molecule has 0 heterocycles. The lowest BCUT2D eigenvalue weighted by Crippen LogP contribution is -1.96. The Hall–Kier alpha value is -2.02. The predicted molar refractivity (Wildman–Crippen MR) is 70.2 cm³/mol. The van der Waals surface area contributed by atoms with E-state index < -0.39 is 0 Å². The number of isocyanates is 2. The monoisotopic (exact) mass is 244 g/mol. The van der Waals surface area contributed by atoms with Crippen molar-refractivity contribution in [3.63, 3.8) is 0 Å². The van der Waals surface area contributed by atoms with E-state index in [1.807, 2.05) is 33.8 Å². The molecule has 0 saturated heterocycles. The summed E-state index contributed by atoms with van der Waals surface area (Å²) in [5.74, 6) is 0.326. The first kappa shape index (κ1) is 14.0. The highest BCUT2D eigenvalue weighted by molar-refractivity contribution is 5.70. The molecule has 0 fully saturated rings. The maximum atomic E-state index is 10.6. The largest absolute Gasteiger partial charge is 0.240 e. The van der Waals surface area contributed by atoms with Crippen LogP contribution in [0.25, 0.3) is 0 Å². The van der Waals surface area contributed by atoms with Gasteiger partial charge in [-0.25, -0.2) is 9.59 Å². The second kappa shape index (κ2) is 6.06. The molecule has 4 heteroatoms. The Bertz CT molecular complexity index is 535. The van der Waals surface area contributed by atoms with Crippen molar-refractivity contribution in [2.24, 2.45) is 9.98 Å². The zero-order valence-corrected chi connectivity index (χ0v) is 11.0. The summed E-state index contributed by atoms with van der Waals surface area (Å²) in [5, 5.41) is 0. The molecule has 0 aliphatic carbocycles. The standard InChI is InChI=1S/C14H16N2O2/c1-9(2)11-5-6-12(15-7-17)13(10(3)4)14(11)16-8-18/h5-6,9-10H,1-4H3. The summed E-state index contributed by atoms with van der Waals surface area (Å²) in [6.45, 7) is 7.97. The van der Waals surface area contributed by atoms with Gasteiger partial charge in [0.2, 0.25) is 12.2 Å². The maximum Gasteiger partial charge on any atom is 0.240 e. The van der Waals surface area contributed by atoms with Crippen molar-refractivity contribution in [1.29, 1.82) is 0 Å². The Kier molecular flexibility index (Phi) is 4.73. The van der Waals surface area contributed by atoms with Gasteiger partial charge in [-0.15, -0.1) is 0 Å². The van der Waals surface area contributed by atoms with Crippen molar-refractivity contribution < 1.29 is 9.59 Å². The highest BCUT2D eigenvalue weighted by Gasteiger charge is 2.17. The summed E-state index contributed by atoms with van der Waals surface area (Å²) < 4.78 is 0. The Morgan fingerprint density at radius 3 is 2.00 bits per heavy atom. The van der Waals surface area contributed by atoms with Gasteiger partial charge in [0.15, 0.2) is 0 Å². The van der Waals surface area contributed by atoms with Crippen LogP contribution in [-0.2, 0) is 9.59 Å². The van der Waals surface area contributed by atoms with Crippen LogP contribution >= 0.6 is 0 Å². The van der Waals surface area contributed by atoms with Crippen molar-refractivity contribution >= 4 is 23.5 Å². The van der Waals surface area contributed by atoms with E-state index in [0.29, 0.717) is 11.4 Å². The van der Waals surface area contributed by atoms with Gasteiger partial charge < -0.3 is 0 Å². The zero-order valence-electron chi connectivity index (χ0n) is 11.0. The molecule has 1 aromatic rings. The molecule has 18 heavy (non-hydrogen) atoms. The molecule has 94 valence electrons. The van der Waals surface area contributed by atoms with Crippen molar-refractivity contribution in [2.75, 3.05) is 0 Å². The predicted octanol–water partition coefficient (Wildman–Crippen LogP) is 3.87. The van der Waals surface area contributed by atoms with Crippen LogP contribution in [0.2, 0.25) is 0 Å². The van der Waals surface area contributed by atoms with Crippen molar-refractivity contribution in [1.82, 2.24) is 0 Å². The van der Waals surface area contributed by atoms with Crippen LogP contribution in [0.1, 0.15) is 50.7 Å². The summed E-state index contributed by atoms with van der Waals surface area (Å²) in [6.07, 6.45) is 3.11. The fourth-order valence-corrected chi connectivity index (χ4v) is 1.97. The van der Waals surface area contributed by atoms with Crippen LogP contribution in [0.15, 0.2) is 22.1 Å². The number of carbonyl (C=O) groups excluding carboxylic acids is 2. The van der Waals surface area contributed by atoms with E-state index >= 15 is 0 Å². The molecular formula is C14H16N2O2. The molecule has 0 spiro atoms. The summed E-state index contributed by atoms with van der Waals surface area (Å²) in [5.41, 5.74) is 2.82. The minimum atomic E-state index is 0.0999. The van der Waals surface area contributed by atoms with Crippen molar-refractivity contribution in [3.05, 3.63) is 23.3 Å². The van der Waals surface area contributed by atoms with Gasteiger partial charge in [-0.3, -0.25) is 0 Å². The number of hydrogen-bond donors (Lipinski definition) is 0. The van der Waals surface area contributed by atoms with Crippen molar-refractivity contribution in [3.8, 4) is 0 Å². The van der Waals surface area contributed by atoms with Gasteiger partial charge in [0.05, 0.1) is 11.4 Å². The Labute approximate surface area is 106 Å². The van der Waals surface area contributed by atoms with Gasteiger partial charge in [-0.2, -0.15) is 9.98 Å². The normalized spacial score (nSPS) is 10.1. The van der Waals surface area contributed by atoms with Gasteiger partial charge in [0.1, 0.15) is 0 Å².